The van der Waals surface area contributed by atoms with Gasteiger partial charge in [-0.3, -0.25) is 4.79 Å². The molecular weight excluding hydrogens is 256 g/mol. The molecule has 0 unspecified atom stereocenters. The Morgan fingerprint density at radius 1 is 0.905 bits per heavy atom. The van der Waals surface area contributed by atoms with Crippen LogP contribution in [-0.2, 0) is 10.2 Å². The van der Waals surface area contributed by atoms with Gasteiger partial charge in [0.2, 0.25) is 0 Å². The molecule has 0 aliphatic heterocycles. The number of unbranched alkanes of at least 4 members (excludes halogenated alkanes) is 1. The summed E-state index contributed by atoms with van der Waals surface area (Å²) < 4.78 is 0. The molecule has 0 fully saturated rings. The number of benzene rings is 2. The average molecular weight is 278 g/mol. The quantitative estimate of drug-likeness (QED) is 0.519. The highest BCUT2D eigenvalue weighted by molar-refractivity contribution is 5.66. The second kappa shape index (κ2) is 7.58. The summed E-state index contributed by atoms with van der Waals surface area (Å²) in [4.78, 5) is 10.9. The Bertz CT molecular complexity index is 530. The van der Waals surface area contributed by atoms with E-state index in [1.165, 1.54) is 11.1 Å². The van der Waals surface area contributed by atoms with Gasteiger partial charge in [0.05, 0.1) is 0 Å². The molecule has 1 nitrogen and oxygen atoms in total. The molecule has 21 heavy (non-hydrogen) atoms. The van der Waals surface area contributed by atoms with Crippen LogP contribution in [0.4, 0.5) is 0 Å². The third-order valence-corrected chi connectivity index (χ3v) is 3.96. The van der Waals surface area contributed by atoms with Crippen molar-refractivity contribution in [3.8, 4) is 0 Å². The molecule has 1 heteroatoms. The maximum atomic E-state index is 10.9. The van der Waals surface area contributed by atoms with Crippen LogP contribution >= 0.6 is 0 Å². The predicted molar refractivity (Wildman–Crippen MR) is 88.4 cm³/mol. The van der Waals surface area contributed by atoms with Gasteiger partial charge in [0.1, 0.15) is 6.29 Å². The first-order chi connectivity index (χ1) is 10.3. The number of hydrogen-bond donors (Lipinski definition) is 0. The topological polar surface area (TPSA) is 17.1 Å². The number of allylic oxidation sites excluding steroid dienone is 2. The molecule has 0 spiro atoms. The molecule has 2 aromatic rings. The van der Waals surface area contributed by atoms with Crippen LogP contribution in [0.2, 0.25) is 0 Å². The molecule has 0 aromatic heterocycles. The van der Waals surface area contributed by atoms with E-state index in [1.54, 1.807) is 6.08 Å². The molecule has 0 amide bonds. The fourth-order valence-corrected chi connectivity index (χ4v) is 2.86. The minimum absolute atomic E-state index is 0.223. The summed E-state index contributed by atoms with van der Waals surface area (Å²) >= 11 is 0. The molecule has 2 rings (SSSR count). The zero-order valence-electron chi connectivity index (χ0n) is 12.5. The summed E-state index contributed by atoms with van der Waals surface area (Å²) in [6, 6.07) is 20.9. The lowest BCUT2D eigenvalue weighted by Gasteiger charge is -2.32. The van der Waals surface area contributed by atoms with Crippen molar-refractivity contribution >= 4 is 6.29 Å². The molecule has 0 bridgehead atoms. The molecule has 0 atom stereocenters. The van der Waals surface area contributed by atoms with Crippen molar-refractivity contribution in [1.29, 1.82) is 0 Å². The van der Waals surface area contributed by atoms with Crippen LogP contribution in [-0.4, -0.2) is 6.29 Å². The monoisotopic (exact) mass is 278 g/mol. The first-order valence-electron chi connectivity index (χ1n) is 7.57. The largest absolute Gasteiger partial charge is 0.299 e. The highest BCUT2D eigenvalue weighted by Gasteiger charge is 2.30. The fourth-order valence-electron chi connectivity index (χ4n) is 2.86. The van der Waals surface area contributed by atoms with Crippen molar-refractivity contribution in [2.24, 2.45) is 0 Å². The number of hydrogen-bond acceptors (Lipinski definition) is 1. The van der Waals surface area contributed by atoms with Crippen molar-refractivity contribution in [3.05, 3.63) is 83.9 Å². The third-order valence-electron chi connectivity index (χ3n) is 3.96. The van der Waals surface area contributed by atoms with Crippen LogP contribution < -0.4 is 0 Å². The van der Waals surface area contributed by atoms with Crippen LogP contribution in [0.3, 0.4) is 0 Å². The highest BCUT2D eigenvalue weighted by atomic mass is 16.1. The van der Waals surface area contributed by atoms with Gasteiger partial charge in [0, 0.05) is 5.41 Å². The van der Waals surface area contributed by atoms with E-state index in [0.717, 1.165) is 25.5 Å². The van der Waals surface area contributed by atoms with Crippen molar-refractivity contribution in [2.75, 3.05) is 0 Å². The van der Waals surface area contributed by atoms with Crippen LogP contribution in [0.25, 0.3) is 0 Å². The number of carbonyl (C=O) groups is 1. The molecule has 0 heterocycles. The van der Waals surface area contributed by atoms with Crippen molar-refractivity contribution in [2.45, 2.75) is 31.6 Å². The molecule has 0 aliphatic carbocycles. The van der Waals surface area contributed by atoms with Crippen LogP contribution in [0, 0.1) is 0 Å². The van der Waals surface area contributed by atoms with Crippen LogP contribution in [0.5, 0.6) is 0 Å². The van der Waals surface area contributed by atoms with Gasteiger partial charge in [-0.25, -0.2) is 0 Å². The average Bonchev–Trinajstić information content (AvgIpc) is 2.57. The summed E-state index contributed by atoms with van der Waals surface area (Å²) in [5.74, 6) is 0. The Balaban J connectivity index is 2.59. The molecule has 0 radical (unpaired) electrons. The molecule has 0 saturated heterocycles. The normalized spacial score (nSPS) is 11.7. The van der Waals surface area contributed by atoms with Crippen LogP contribution in [0.1, 0.15) is 37.3 Å². The van der Waals surface area contributed by atoms with E-state index in [4.69, 9.17) is 0 Å². The van der Waals surface area contributed by atoms with E-state index in [0.29, 0.717) is 0 Å². The van der Waals surface area contributed by atoms with Crippen molar-refractivity contribution in [1.82, 2.24) is 0 Å². The Hall–Kier alpha value is -2.15. The standard InChI is InChI=1S/C20H22O/c1-2-3-15-20(16-10-17-21,18-11-6-4-7-12-18)19-13-8-5-9-14-19/h4-14,16-17H,2-3,15H2,1H3/b16-10+. The second-order valence-electron chi connectivity index (χ2n) is 5.30. The molecule has 0 aliphatic rings. The van der Waals surface area contributed by atoms with E-state index < -0.39 is 0 Å². The molecule has 2 aromatic carbocycles. The van der Waals surface area contributed by atoms with Crippen LogP contribution in [0.15, 0.2) is 72.8 Å². The lowest BCUT2D eigenvalue weighted by Crippen LogP contribution is -2.25. The van der Waals surface area contributed by atoms with Gasteiger partial charge in [-0.15, -0.1) is 0 Å². The minimum Gasteiger partial charge on any atom is -0.299 e. The third kappa shape index (κ3) is 3.49. The van der Waals surface area contributed by atoms with E-state index in [9.17, 15) is 4.79 Å². The Morgan fingerprint density at radius 2 is 1.43 bits per heavy atom. The minimum atomic E-state index is -0.223. The van der Waals surface area contributed by atoms with E-state index >= 15 is 0 Å². The highest BCUT2D eigenvalue weighted by Crippen LogP contribution is 2.38. The first-order valence-corrected chi connectivity index (χ1v) is 7.57. The number of carbonyl (C=O) groups excluding carboxylic acids is 1. The van der Waals surface area contributed by atoms with Gasteiger partial charge >= 0.3 is 0 Å². The lowest BCUT2D eigenvalue weighted by atomic mass is 9.71. The zero-order chi connectivity index (χ0) is 15.0. The van der Waals surface area contributed by atoms with Crippen molar-refractivity contribution in [3.63, 3.8) is 0 Å². The van der Waals surface area contributed by atoms with E-state index in [-0.39, 0.29) is 5.41 Å². The summed E-state index contributed by atoms with van der Waals surface area (Å²) in [5, 5.41) is 0. The second-order valence-corrected chi connectivity index (χ2v) is 5.30. The number of aldehydes is 1. The summed E-state index contributed by atoms with van der Waals surface area (Å²) in [6.45, 7) is 2.20. The van der Waals surface area contributed by atoms with Gasteiger partial charge in [0.25, 0.3) is 0 Å². The zero-order valence-corrected chi connectivity index (χ0v) is 12.5. The smallest absolute Gasteiger partial charge is 0.142 e. The van der Waals surface area contributed by atoms with Gasteiger partial charge in [-0.05, 0) is 23.6 Å². The predicted octanol–water partition coefficient (Wildman–Crippen LogP) is 4.92. The van der Waals surface area contributed by atoms with Gasteiger partial charge < -0.3 is 0 Å². The number of rotatable bonds is 7. The summed E-state index contributed by atoms with van der Waals surface area (Å²) in [7, 11) is 0. The SMILES string of the molecule is CCCCC(/C=C/C=O)(c1ccccc1)c1ccccc1. The Morgan fingerprint density at radius 3 is 1.86 bits per heavy atom. The van der Waals surface area contributed by atoms with E-state index in [2.05, 4.69) is 61.5 Å². The van der Waals surface area contributed by atoms with Crippen molar-refractivity contribution < 1.29 is 4.79 Å². The molecular formula is C20H22O. The van der Waals surface area contributed by atoms with Gasteiger partial charge in [0.15, 0.2) is 0 Å². The molecule has 0 saturated carbocycles. The molecule has 108 valence electrons. The maximum Gasteiger partial charge on any atom is 0.142 e. The summed E-state index contributed by atoms with van der Waals surface area (Å²) in [5.41, 5.74) is 2.25. The van der Waals surface area contributed by atoms with Gasteiger partial charge in [-0.2, -0.15) is 0 Å². The van der Waals surface area contributed by atoms with E-state index in [1.807, 2.05) is 12.1 Å². The molecule has 0 N–H and O–H groups in total. The lowest BCUT2D eigenvalue weighted by molar-refractivity contribution is -0.104. The van der Waals surface area contributed by atoms with Gasteiger partial charge in [-0.1, -0.05) is 86.5 Å². The Kier molecular flexibility index (Phi) is 5.51. The first kappa shape index (κ1) is 15.2. The Labute approximate surface area is 127 Å². The maximum absolute atomic E-state index is 10.9. The summed E-state index contributed by atoms with van der Waals surface area (Å²) in [6.07, 6.45) is 7.81. The fraction of sp³-hybridized carbons (Fsp3) is 0.250.